The van der Waals surface area contributed by atoms with E-state index in [9.17, 15) is 14.9 Å². The largest absolute Gasteiger partial charge is 0.349 e. The van der Waals surface area contributed by atoms with Gasteiger partial charge in [0.05, 0.1) is 28.9 Å². The highest BCUT2D eigenvalue weighted by Gasteiger charge is 2.52. The number of pyridine rings is 1. The number of aromatic nitrogens is 3. The van der Waals surface area contributed by atoms with Gasteiger partial charge in [0.15, 0.2) is 0 Å². The second kappa shape index (κ2) is 9.25. The Morgan fingerprint density at radius 1 is 1.24 bits per heavy atom. The number of amides is 2. The van der Waals surface area contributed by atoms with Gasteiger partial charge in [-0.05, 0) is 92.8 Å². The van der Waals surface area contributed by atoms with Crippen LogP contribution in [0.15, 0.2) is 36.7 Å². The summed E-state index contributed by atoms with van der Waals surface area (Å²) in [5, 5.41) is 17.8. The average molecular weight is 529 g/mol. The van der Waals surface area contributed by atoms with E-state index < -0.39 is 0 Å². The summed E-state index contributed by atoms with van der Waals surface area (Å²) < 4.78 is 1.80. The number of carbonyl (C=O) groups is 2. The van der Waals surface area contributed by atoms with Crippen molar-refractivity contribution in [2.45, 2.75) is 58.0 Å². The zero-order valence-corrected chi connectivity index (χ0v) is 22.4. The molecular weight excluding hydrogens is 500 g/mol. The van der Waals surface area contributed by atoms with E-state index in [4.69, 9.17) is 11.6 Å². The number of nitriles is 1. The quantitative estimate of drug-likeness (QED) is 0.500. The zero-order valence-electron chi connectivity index (χ0n) is 21.6. The SMILES string of the molecule is Cc1cc(N2C[C@H]3C[C@H]3C2=O)ncc1[C@H](C)n1cc(C(=O)N[C@H]2C[C@@H](c3cc(Cl)ccc3C#N)C2)c(C)n1. The smallest absolute Gasteiger partial charge is 0.254 e. The fraction of sp³-hybridized carbons (Fsp3) is 0.414. The summed E-state index contributed by atoms with van der Waals surface area (Å²) >= 11 is 6.14. The Morgan fingerprint density at radius 2 is 2.03 bits per heavy atom. The van der Waals surface area contributed by atoms with Gasteiger partial charge in [0, 0.05) is 35.9 Å². The summed E-state index contributed by atoms with van der Waals surface area (Å²) in [5.41, 5.74) is 4.83. The van der Waals surface area contributed by atoms with Gasteiger partial charge in [-0.2, -0.15) is 10.4 Å². The number of hydrogen-bond acceptors (Lipinski definition) is 5. The van der Waals surface area contributed by atoms with E-state index in [2.05, 4.69) is 21.5 Å². The van der Waals surface area contributed by atoms with Crippen molar-refractivity contribution in [2.75, 3.05) is 11.4 Å². The molecular formula is C29H29ClN6O2. The molecule has 8 nitrogen and oxygen atoms in total. The summed E-state index contributed by atoms with van der Waals surface area (Å²) in [6, 6.07) is 9.46. The summed E-state index contributed by atoms with van der Waals surface area (Å²) in [6.07, 6.45) is 6.17. The first-order valence-corrected chi connectivity index (χ1v) is 13.4. The molecule has 1 N–H and O–H groups in total. The van der Waals surface area contributed by atoms with Crippen LogP contribution in [0, 0.1) is 37.0 Å². The van der Waals surface area contributed by atoms with Gasteiger partial charge in [-0.1, -0.05) is 11.6 Å². The number of fused-ring (bicyclic) bond motifs is 1. The molecule has 3 fully saturated rings. The second-order valence-corrected chi connectivity index (χ2v) is 11.4. The molecule has 3 atom stereocenters. The minimum atomic E-state index is -0.146. The lowest BCUT2D eigenvalue weighted by atomic mass is 9.74. The van der Waals surface area contributed by atoms with E-state index in [1.165, 1.54) is 0 Å². The normalized spacial score (nSPS) is 24.4. The maximum atomic E-state index is 13.1. The van der Waals surface area contributed by atoms with Gasteiger partial charge in [0.2, 0.25) is 5.91 Å². The Morgan fingerprint density at radius 3 is 2.71 bits per heavy atom. The van der Waals surface area contributed by atoms with Crippen LogP contribution in [0.5, 0.6) is 0 Å². The number of rotatable bonds is 6. The molecule has 1 saturated heterocycles. The molecule has 6 rings (SSSR count). The van der Waals surface area contributed by atoms with E-state index in [-0.39, 0.29) is 35.7 Å². The van der Waals surface area contributed by atoms with Crippen molar-refractivity contribution in [3.63, 3.8) is 0 Å². The van der Waals surface area contributed by atoms with Gasteiger partial charge in [0.1, 0.15) is 5.82 Å². The predicted molar refractivity (Wildman–Crippen MR) is 143 cm³/mol. The molecule has 2 saturated carbocycles. The fourth-order valence-corrected chi connectivity index (χ4v) is 6.07. The molecule has 0 bridgehead atoms. The molecule has 9 heteroatoms. The molecule has 194 valence electrons. The Balaban J connectivity index is 1.11. The number of carbonyl (C=O) groups excluding carboxylic acids is 2. The topological polar surface area (TPSA) is 104 Å². The molecule has 3 heterocycles. The Kier molecular flexibility index (Phi) is 5.99. The summed E-state index contributed by atoms with van der Waals surface area (Å²) in [4.78, 5) is 32.0. The van der Waals surface area contributed by atoms with E-state index in [1.807, 2.05) is 39.1 Å². The number of nitrogens with one attached hydrogen (secondary N) is 1. The molecule has 2 amide bonds. The molecule has 2 aliphatic carbocycles. The number of aryl methyl sites for hydroxylation is 2. The van der Waals surface area contributed by atoms with E-state index >= 15 is 0 Å². The fourth-order valence-electron chi connectivity index (χ4n) is 5.89. The first-order valence-electron chi connectivity index (χ1n) is 13.1. The van der Waals surface area contributed by atoms with Gasteiger partial charge in [-0.25, -0.2) is 4.98 Å². The molecule has 2 aromatic heterocycles. The molecule has 38 heavy (non-hydrogen) atoms. The van der Waals surface area contributed by atoms with Crippen LogP contribution in [0.2, 0.25) is 5.02 Å². The first kappa shape index (κ1) is 24.6. The van der Waals surface area contributed by atoms with Crippen LogP contribution in [0.1, 0.15) is 76.5 Å². The van der Waals surface area contributed by atoms with E-state index in [0.717, 1.165) is 42.5 Å². The number of anilines is 1. The summed E-state index contributed by atoms with van der Waals surface area (Å²) in [6.45, 7) is 6.66. The predicted octanol–water partition coefficient (Wildman–Crippen LogP) is 4.69. The average Bonchev–Trinajstić information content (AvgIpc) is 3.43. The van der Waals surface area contributed by atoms with Crippen molar-refractivity contribution < 1.29 is 9.59 Å². The highest BCUT2D eigenvalue weighted by Crippen LogP contribution is 2.47. The second-order valence-electron chi connectivity index (χ2n) is 10.9. The van der Waals surface area contributed by atoms with E-state index in [0.29, 0.717) is 33.6 Å². The van der Waals surface area contributed by atoms with Crippen LogP contribution in [0.25, 0.3) is 0 Å². The maximum absolute atomic E-state index is 13.1. The minimum Gasteiger partial charge on any atom is -0.349 e. The van der Waals surface area contributed by atoms with Crippen LogP contribution in [-0.4, -0.2) is 39.2 Å². The highest BCUT2D eigenvalue weighted by atomic mass is 35.5. The van der Waals surface area contributed by atoms with Crippen LogP contribution in [0.3, 0.4) is 0 Å². The molecule has 3 aromatic rings. The van der Waals surface area contributed by atoms with Crippen LogP contribution < -0.4 is 10.2 Å². The lowest BCUT2D eigenvalue weighted by Crippen LogP contribution is -2.43. The lowest BCUT2D eigenvalue weighted by molar-refractivity contribution is -0.118. The Labute approximate surface area is 226 Å². The van der Waals surface area contributed by atoms with Crippen LogP contribution >= 0.6 is 11.6 Å². The zero-order chi connectivity index (χ0) is 26.7. The molecule has 0 spiro atoms. The summed E-state index contributed by atoms with van der Waals surface area (Å²) in [5.74, 6) is 1.66. The maximum Gasteiger partial charge on any atom is 0.254 e. The highest BCUT2D eigenvalue weighted by molar-refractivity contribution is 6.30. The third-order valence-corrected chi connectivity index (χ3v) is 8.63. The third kappa shape index (κ3) is 4.25. The molecule has 0 radical (unpaired) electrons. The first-order chi connectivity index (χ1) is 18.2. The standard InChI is InChI=1S/C29H29ClN6O2/c1-15-6-27(35-13-20-9-24(20)29(35)38)32-12-25(15)17(3)36-14-26(16(2)34-36)28(37)33-22-7-19(8-22)23-10-21(30)5-4-18(23)11-31/h4-6,10,12,14,17,19-20,22,24H,7-9,13H2,1-3H3,(H,33,37)/t17-,19-,20+,22+,24+/m0/s1. The van der Waals surface area contributed by atoms with Gasteiger partial charge in [-0.3, -0.25) is 19.2 Å². The van der Waals surface area contributed by atoms with Crippen LogP contribution in [0.4, 0.5) is 5.82 Å². The van der Waals surface area contributed by atoms with Gasteiger partial charge >= 0.3 is 0 Å². The molecule has 3 aliphatic rings. The minimum absolute atomic E-state index is 0.0384. The monoisotopic (exact) mass is 528 g/mol. The van der Waals surface area contributed by atoms with E-state index in [1.54, 1.807) is 27.9 Å². The van der Waals surface area contributed by atoms with Crippen molar-refractivity contribution in [3.05, 3.63) is 75.2 Å². The molecule has 0 unspecified atom stereocenters. The number of halogens is 1. The molecule has 1 aromatic carbocycles. The number of piperidine rings is 1. The van der Waals surface area contributed by atoms with Crippen molar-refractivity contribution in [1.29, 1.82) is 5.26 Å². The van der Waals surface area contributed by atoms with Gasteiger partial charge < -0.3 is 5.32 Å². The lowest BCUT2D eigenvalue weighted by Gasteiger charge is -2.36. The number of hydrogen-bond donors (Lipinski definition) is 1. The summed E-state index contributed by atoms with van der Waals surface area (Å²) in [7, 11) is 0. The van der Waals surface area contributed by atoms with Gasteiger partial charge in [-0.15, -0.1) is 0 Å². The van der Waals surface area contributed by atoms with Crippen LogP contribution in [-0.2, 0) is 4.79 Å². The Bertz CT molecular complexity index is 1500. The Hall–Kier alpha value is -3.70. The van der Waals surface area contributed by atoms with Crippen molar-refractivity contribution in [2.24, 2.45) is 11.8 Å². The number of benzene rings is 1. The van der Waals surface area contributed by atoms with Crippen molar-refractivity contribution >= 4 is 29.2 Å². The van der Waals surface area contributed by atoms with Crippen molar-refractivity contribution in [1.82, 2.24) is 20.1 Å². The third-order valence-electron chi connectivity index (χ3n) is 8.39. The number of nitrogens with zero attached hydrogens (tertiary/aromatic N) is 5. The van der Waals surface area contributed by atoms with Gasteiger partial charge in [0.25, 0.3) is 5.91 Å². The van der Waals surface area contributed by atoms with Crippen molar-refractivity contribution in [3.8, 4) is 6.07 Å². The molecule has 1 aliphatic heterocycles.